The van der Waals surface area contributed by atoms with E-state index in [4.69, 9.17) is 0 Å². The number of aromatic nitrogens is 1. The number of aliphatic hydroxyl groups excluding tert-OH is 1. The average Bonchev–Trinajstić information content (AvgIpc) is 3.09. The number of hydrogen-bond donors (Lipinski definition) is 2. The van der Waals surface area contributed by atoms with Crippen molar-refractivity contribution in [2.24, 2.45) is 0 Å². The molecule has 2 atom stereocenters. The molecule has 104 valence electrons. The van der Waals surface area contributed by atoms with E-state index in [0.717, 1.165) is 31.3 Å². The average molecular weight is 282 g/mol. The first-order chi connectivity index (χ1) is 9.24. The zero-order chi connectivity index (χ0) is 13.2. The van der Waals surface area contributed by atoms with Gasteiger partial charge in [0.25, 0.3) is 0 Å². The van der Waals surface area contributed by atoms with Gasteiger partial charge in [-0.15, -0.1) is 11.3 Å². The third-order valence-electron chi connectivity index (χ3n) is 3.69. The summed E-state index contributed by atoms with van der Waals surface area (Å²) >= 11 is 1.63. The van der Waals surface area contributed by atoms with Gasteiger partial charge in [0.1, 0.15) is 0 Å². The third kappa shape index (κ3) is 2.72. The molecule has 0 aliphatic carbocycles. The van der Waals surface area contributed by atoms with Crippen LogP contribution in [-0.4, -0.2) is 65.8 Å². The van der Waals surface area contributed by atoms with Gasteiger partial charge < -0.3 is 20.2 Å². The number of thiazole rings is 1. The van der Waals surface area contributed by atoms with Crippen LogP contribution in [0, 0.1) is 0 Å². The molecule has 2 fully saturated rings. The van der Waals surface area contributed by atoms with E-state index in [1.54, 1.807) is 17.5 Å². The Kier molecular flexibility index (Phi) is 3.67. The molecule has 0 saturated carbocycles. The Labute approximate surface area is 116 Å². The van der Waals surface area contributed by atoms with Crippen LogP contribution in [0.25, 0.3) is 0 Å². The predicted octanol–water partition coefficient (Wildman–Crippen LogP) is -0.485. The second-order valence-electron chi connectivity index (χ2n) is 4.98. The van der Waals surface area contributed by atoms with Crippen LogP contribution in [0.4, 0.5) is 5.13 Å². The number of nitrogens with zero attached hydrogens (tertiary/aromatic N) is 3. The molecule has 2 N–H and O–H groups in total. The predicted molar refractivity (Wildman–Crippen MR) is 73.3 cm³/mol. The molecule has 2 aliphatic heterocycles. The lowest BCUT2D eigenvalue weighted by molar-refractivity contribution is -0.133. The zero-order valence-electron chi connectivity index (χ0n) is 10.7. The highest BCUT2D eigenvalue weighted by Crippen LogP contribution is 2.19. The number of carbonyl (C=O) groups is 1. The Bertz CT molecular complexity index is 431. The van der Waals surface area contributed by atoms with Gasteiger partial charge in [0.05, 0.1) is 12.1 Å². The first kappa shape index (κ1) is 12.8. The van der Waals surface area contributed by atoms with E-state index >= 15 is 0 Å². The summed E-state index contributed by atoms with van der Waals surface area (Å²) in [5.74, 6) is 0.121. The number of aliphatic hydroxyl groups is 1. The molecular formula is C12H18N4O2S. The lowest BCUT2D eigenvalue weighted by atomic mass is 10.1. The molecule has 19 heavy (non-hydrogen) atoms. The van der Waals surface area contributed by atoms with E-state index < -0.39 is 0 Å². The normalized spacial score (nSPS) is 27.8. The minimum Gasteiger partial charge on any atom is -0.392 e. The highest BCUT2D eigenvalue weighted by molar-refractivity contribution is 7.13. The number of carbonyl (C=O) groups excluding carboxylic acids is 1. The third-order valence-corrected chi connectivity index (χ3v) is 4.52. The molecule has 6 nitrogen and oxygen atoms in total. The molecule has 7 heteroatoms. The smallest absolute Gasteiger partial charge is 0.239 e. The summed E-state index contributed by atoms with van der Waals surface area (Å²) in [7, 11) is 0. The molecule has 3 heterocycles. The van der Waals surface area contributed by atoms with Crippen LogP contribution in [0.5, 0.6) is 0 Å². The molecule has 3 rings (SSSR count). The molecule has 0 aromatic carbocycles. The Balaban J connectivity index is 1.54. The van der Waals surface area contributed by atoms with Gasteiger partial charge in [0, 0.05) is 44.3 Å². The standard InChI is InChI=1S/C12H18N4O2S/c17-9-7-10(14-8-9)11(18)15-2-4-16(5-3-15)12-13-1-6-19-12/h1,6,9-10,14,17H,2-5,7-8H2. The summed E-state index contributed by atoms with van der Waals surface area (Å²) in [6, 6.07) is -0.207. The number of piperazine rings is 1. The van der Waals surface area contributed by atoms with E-state index in [9.17, 15) is 9.90 Å². The summed E-state index contributed by atoms with van der Waals surface area (Å²) in [5.41, 5.74) is 0. The van der Waals surface area contributed by atoms with Gasteiger partial charge in [-0.25, -0.2) is 4.98 Å². The molecule has 2 aliphatic rings. The molecule has 1 amide bonds. The van der Waals surface area contributed by atoms with Gasteiger partial charge in [0.2, 0.25) is 5.91 Å². The number of β-amino-alcohol motifs (C(OH)–C–C–N with tert-alkyl or cyclic N) is 1. The second-order valence-corrected chi connectivity index (χ2v) is 5.85. The van der Waals surface area contributed by atoms with Gasteiger partial charge in [-0.1, -0.05) is 0 Å². The van der Waals surface area contributed by atoms with Crippen molar-refractivity contribution >= 4 is 22.4 Å². The molecule has 1 aromatic heterocycles. The van der Waals surface area contributed by atoms with E-state index in [0.29, 0.717) is 13.0 Å². The van der Waals surface area contributed by atoms with E-state index in [1.165, 1.54) is 0 Å². The SMILES string of the molecule is O=C(C1CC(O)CN1)N1CCN(c2nccs2)CC1. The van der Waals surface area contributed by atoms with Crippen molar-refractivity contribution < 1.29 is 9.90 Å². The fourth-order valence-corrected chi connectivity index (χ4v) is 3.31. The molecule has 0 spiro atoms. The van der Waals surface area contributed by atoms with Crippen LogP contribution in [0.1, 0.15) is 6.42 Å². The molecular weight excluding hydrogens is 264 g/mol. The maximum absolute atomic E-state index is 12.3. The Hall–Kier alpha value is -1.18. The number of nitrogens with one attached hydrogen (secondary N) is 1. The molecule has 0 radical (unpaired) electrons. The second kappa shape index (κ2) is 5.44. The summed E-state index contributed by atoms with van der Waals surface area (Å²) in [5, 5.41) is 15.5. The number of amides is 1. The van der Waals surface area contributed by atoms with E-state index in [-0.39, 0.29) is 18.1 Å². The molecule has 1 aromatic rings. The lowest BCUT2D eigenvalue weighted by Gasteiger charge is -2.35. The zero-order valence-corrected chi connectivity index (χ0v) is 11.5. The Morgan fingerprint density at radius 3 is 2.79 bits per heavy atom. The summed E-state index contributed by atoms with van der Waals surface area (Å²) < 4.78 is 0. The highest BCUT2D eigenvalue weighted by atomic mass is 32.1. The van der Waals surface area contributed by atoms with Gasteiger partial charge in [-0.05, 0) is 6.42 Å². The largest absolute Gasteiger partial charge is 0.392 e. The van der Waals surface area contributed by atoms with Crippen LogP contribution in [0.2, 0.25) is 0 Å². The van der Waals surface area contributed by atoms with Crippen molar-refractivity contribution in [2.45, 2.75) is 18.6 Å². The minimum absolute atomic E-state index is 0.121. The van der Waals surface area contributed by atoms with Crippen LogP contribution in [0.3, 0.4) is 0 Å². The number of hydrogen-bond acceptors (Lipinski definition) is 6. The summed E-state index contributed by atoms with van der Waals surface area (Å²) in [4.78, 5) is 20.7. The van der Waals surface area contributed by atoms with E-state index in [2.05, 4.69) is 15.2 Å². The maximum Gasteiger partial charge on any atom is 0.239 e. The van der Waals surface area contributed by atoms with Crippen molar-refractivity contribution in [1.29, 1.82) is 0 Å². The van der Waals surface area contributed by atoms with E-state index in [1.807, 2.05) is 10.3 Å². The van der Waals surface area contributed by atoms with Crippen LogP contribution < -0.4 is 10.2 Å². The van der Waals surface area contributed by atoms with Crippen molar-refractivity contribution in [3.05, 3.63) is 11.6 Å². The number of anilines is 1. The van der Waals surface area contributed by atoms with Gasteiger partial charge in [-0.2, -0.15) is 0 Å². The summed E-state index contributed by atoms with van der Waals surface area (Å²) in [6.45, 7) is 3.64. The monoisotopic (exact) mass is 282 g/mol. The van der Waals surface area contributed by atoms with Crippen molar-refractivity contribution in [3.8, 4) is 0 Å². The topological polar surface area (TPSA) is 68.7 Å². The number of rotatable bonds is 2. The van der Waals surface area contributed by atoms with Crippen molar-refractivity contribution in [2.75, 3.05) is 37.6 Å². The quantitative estimate of drug-likeness (QED) is 0.766. The first-order valence-electron chi connectivity index (χ1n) is 6.59. The Morgan fingerprint density at radius 1 is 1.42 bits per heavy atom. The van der Waals surface area contributed by atoms with Crippen LogP contribution in [0.15, 0.2) is 11.6 Å². The fraction of sp³-hybridized carbons (Fsp3) is 0.667. The molecule has 2 unspecified atom stereocenters. The maximum atomic E-state index is 12.3. The van der Waals surface area contributed by atoms with Gasteiger partial charge in [0.15, 0.2) is 5.13 Å². The molecule has 2 saturated heterocycles. The van der Waals surface area contributed by atoms with Crippen molar-refractivity contribution in [3.63, 3.8) is 0 Å². The van der Waals surface area contributed by atoms with Gasteiger partial charge in [-0.3, -0.25) is 4.79 Å². The lowest BCUT2D eigenvalue weighted by Crippen LogP contribution is -2.53. The highest BCUT2D eigenvalue weighted by Gasteiger charge is 2.32. The molecule has 0 bridgehead atoms. The first-order valence-corrected chi connectivity index (χ1v) is 7.46. The fourth-order valence-electron chi connectivity index (χ4n) is 2.62. The van der Waals surface area contributed by atoms with Gasteiger partial charge >= 0.3 is 0 Å². The minimum atomic E-state index is -0.384. The van der Waals surface area contributed by atoms with Crippen LogP contribution >= 0.6 is 11.3 Å². The van der Waals surface area contributed by atoms with Crippen LogP contribution in [-0.2, 0) is 4.79 Å². The Morgan fingerprint density at radius 2 is 2.21 bits per heavy atom. The summed E-state index contributed by atoms with van der Waals surface area (Å²) in [6.07, 6.45) is 1.96. The van der Waals surface area contributed by atoms with Crippen molar-refractivity contribution in [1.82, 2.24) is 15.2 Å².